The molecule has 1 unspecified atom stereocenters. The molecule has 120 valence electrons. The van der Waals surface area contributed by atoms with Gasteiger partial charge in [-0.1, -0.05) is 0 Å². The average molecular weight is 415 g/mol. The van der Waals surface area contributed by atoms with Crippen LogP contribution in [-0.2, 0) is 4.74 Å². The Morgan fingerprint density at radius 2 is 2.20 bits per heavy atom. The Hall–Kier alpha value is 0.310. The van der Waals surface area contributed by atoms with Crippen molar-refractivity contribution < 1.29 is 4.74 Å². The van der Waals surface area contributed by atoms with Gasteiger partial charge in [0.1, 0.15) is 0 Å². The van der Waals surface area contributed by atoms with Crippen LogP contribution < -0.4 is 10.6 Å². The van der Waals surface area contributed by atoms with Gasteiger partial charge in [-0.05, 0) is 45.8 Å². The first-order valence-electron chi connectivity index (χ1n) is 7.47. The van der Waals surface area contributed by atoms with Crippen LogP contribution in [0.3, 0.4) is 0 Å². The maximum absolute atomic E-state index is 5.52. The number of halogens is 1. The molecule has 0 aliphatic carbocycles. The SMILES string of the molecule is CCNC(=NCC1CCCS1)NCCCOC(C)C.I. The lowest BCUT2D eigenvalue weighted by Crippen LogP contribution is -2.38. The quantitative estimate of drug-likeness (QED) is 0.277. The zero-order chi connectivity index (χ0) is 13.9. The molecule has 1 atom stereocenters. The largest absolute Gasteiger partial charge is 0.379 e. The van der Waals surface area contributed by atoms with E-state index in [-0.39, 0.29) is 24.0 Å². The number of nitrogens with zero attached hydrogens (tertiary/aromatic N) is 1. The van der Waals surface area contributed by atoms with E-state index in [2.05, 4.69) is 48.2 Å². The predicted octanol–water partition coefficient (Wildman–Crippen LogP) is 2.87. The summed E-state index contributed by atoms with van der Waals surface area (Å²) in [6.45, 7) is 9.80. The van der Waals surface area contributed by atoms with Crippen molar-refractivity contribution in [2.75, 3.05) is 32.0 Å². The summed E-state index contributed by atoms with van der Waals surface area (Å²) in [7, 11) is 0. The van der Waals surface area contributed by atoms with Crippen LogP contribution in [0, 0.1) is 0 Å². The second-order valence-electron chi connectivity index (χ2n) is 5.05. The van der Waals surface area contributed by atoms with Crippen molar-refractivity contribution in [1.29, 1.82) is 0 Å². The molecule has 1 saturated heterocycles. The third-order valence-corrected chi connectivity index (χ3v) is 4.27. The Bertz CT molecular complexity index is 259. The van der Waals surface area contributed by atoms with E-state index < -0.39 is 0 Å². The van der Waals surface area contributed by atoms with E-state index in [1.54, 1.807) is 0 Å². The maximum atomic E-state index is 5.52. The molecule has 1 heterocycles. The van der Waals surface area contributed by atoms with Gasteiger partial charge >= 0.3 is 0 Å². The highest BCUT2D eigenvalue weighted by atomic mass is 127. The van der Waals surface area contributed by atoms with Crippen LogP contribution in [0.5, 0.6) is 0 Å². The lowest BCUT2D eigenvalue weighted by molar-refractivity contribution is 0.0776. The Balaban J connectivity index is 0.00000361. The molecule has 0 aromatic rings. The molecule has 1 fully saturated rings. The summed E-state index contributed by atoms with van der Waals surface area (Å²) in [6.07, 6.45) is 4.00. The molecule has 1 aliphatic heterocycles. The van der Waals surface area contributed by atoms with Gasteiger partial charge in [0.2, 0.25) is 0 Å². The van der Waals surface area contributed by atoms with Gasteiger partial charge < -0.3 is 15.4 Å². The molecular weight excluding hydrogens is 385 g/mol. The van der Waals surface area contributed by atoms with Crippen molar-refractivity contribution in [3.05, 3.63) is 0 Å². The number of rotatable bonds is 8. The van der Waals surface area contributed by atoms with Crippen molar-refractivity contribution in [3.8, 4) is 0 Å². The molecule has 0 aromatic carbocycles. The smallest absolute Gasteiger partial charge is 0.191 e. The lowest BCUT2D eigenvalue weighted by atomic mass is 10.2. The zero-order valence-electron chi connectivity index (χ0n) is 13.0. The minimum Gasteiger partial charge on any atom is -0.379 e. The number of thioether (sulfide) groups is 1. The summed E-state index contributed by atoms with van der Waals surface area (Å²) in [5, 5.41) is 7.39. The molecule has 0 spiro atoms. The molecule has 0 amide bonds. The van der Waals surface area contributed by atoms with E-state index in [4.69, 9.17) is 4.74 Å². The lowest BCUT2D eigenvalue weighted by Gasteiger charge is -2.13. The normalized spacial score (nSPS) is 19.0. The predicted molar refractivity (Wildman–Crippen MR) is 101 cm³/mol. The first kappa shape index (κ1) is 20.3. The Labute approximate surface area is 145 Å². The summed E-state index contributed by atoms with van der Waals surface area (Å²) < 4.78 is 5.52. The van der Waals surface area contributed by atoms with Crippen LogP contribution in [-0.4, -0.2) is 49.3 Å². The van der Waals surface area contributed by atoms with Gasteiger partial charge in [0.05, 0.1) is 12.6 Å². The molecule has 20 heavy (non-hydrogen) atoms. The average Bonchev–Trinajstić information content (AvgIpc) is 2.88. The monoisotopic (exact) mass is 415 g/mol. The number of hydrogen-bond donors (Lipinski definition) is 2. The van der Waals surface area contributed by atoms with Gasteiger partial charge in [-0.15, -0.1) is 24.0 Å². The van der Waals surface area contributed by atoms with E-state index in [0.29, 0.717) is 6.10 Å². The minimum atomic E-state index is 0. The van der Waals surface area contributed by atoms with Crippen LogP contribution in [0.15, 0.2) is 4.99 Å². The molecular formula is C14H30IN3OS. The Morgan fingerprint density at radius 1 is 1.40 bits per heavy atom. The topological polar surface area (TPSA) is 45.7 Å². The highest BCUT2D eigenvalue weighted by Gasteiger charge is 2.14. The highest BCUT2D eigenvalue weighted by molar-refractivity contribution is 14.0. The van der Waals surface area contributed by atoms with Crippen molar-refractivity contribution >= 4 is 41.7 Å². The zero-order valence-corrected chi connectivity index (χ0v) is 16.1. The number of aliphatic imine (C=N–C) groups is 1. The fourth-order valence-electron chi connectivity index (χ4n) is 1.92. The minimum absolute atomic E-state index is 0. The fraction of sp³-hybridized carbons (Fsp3) is 0.929. The highest BCUT2D eigenvalue weighted by Crippen LogP contribution is 2.25. The van der Waals surface area contributed by atoms with Crippen molar-refractivity contribution in [1.82, 2.24) is 10.6 Å². The fourth-order valence-corrected chi connectivity index (χ4v) is 3.10. The van der Waals surface area contributed by atoms with Crippen LogP contribution in [0.1, 0.15) is 40.0 Å². The van der Waals surface area contributed by atoms with E-state index in [9.17, 15) is 0 Å². The van der Waals surface area contributed by atoms with Gasteiger partial charge in [0.25, 0.3) is 0 Å². The molecule has 2 N–H and O–H groups in total. The third kappa shape index (κ3) is 10.1. The second kappa shape index (κ2) is 13.0. The first-order chi connectivity index (χ1) is 9.22. The van der Waals surface area contributed by atoms with Gasteiger partial charge in [-0.25, -0.2) is 0 Å². The Morgan fingerprint density at radius 3 is 2.80 bits per heavy atom. The van der Waals surface area contributed by atoms with E-state index in [1.807, 2.05) is 0 Å². The number of guanidine groups is 1. The van der Waals surface area contributed by atoms with E-state index in [1.165, 1.54) is 18.6 Å². The van der Waals surface area contributed by atoms with Gasteiger partial charge in [0.15, 0.2) is 5.96 Å². The van der Waals surface area contributed by atoms with Gasteiger partial charge in [-0.2, -0.15) is 11.8 Å². The molecule has 0 aromatic heterocycles. The second-order valence-corrected chi connectivity index (χ2v) is 6.46. The number of nitrogens with one attached hydrogen (secondary N) is 2. The summed E-state index contributed by atoms with van der Waals surface area (Å²) >= 11 is 2.05. The van der Waals surface area contributed by atoms with Crippen molar-refractivity contribution in [2.24, 2.45) is 4.99 Å². The van der Waals surface area contributed by atoms with Crippen molar-refractivity contribution in [3.63, 3.8) is 0 Å². The maximum Gasteiger partial charge on any atom is 0.191 e. The molecule has 0 bridgehead atoms. The van der Waals surface area contributed by atoms with E-state index >= 15 is 0 Å². The molecule has 6 heteroatoms. The summed E-state index contributed by atoms with van der Waals surface area (Å²) in [6, 6.07) is 0. The van der Waals surface area contributed by atoms with Crippen LogP contribution in [0.4, 0.5) is 0 Å². The Kier molecular flexibility index (Phi) is 13.2. The summed E-state index contributed by atoms with van der Waals surface area (Å²) in [5.74, 6) is 2.25. The van der Waals surface area contributed by atoms with Crippen LogP contribution >= 0.6 is 35.7 Å². The molecule has 0 radical (unpaired) electrons. The third-order valence-electron chi connectivity index (χ3n) is 2.89. The molecule has 1 rings (SSSR count). The molecule has 1 aliphatic rings. The summed E-state index contributed by atoms with van der Waals surface area (Å²) in [5.41, 5.74) is 0. The van der Waals surface area contributed by atoms with Crippen molar-refractivity contribution in [2.45, 2.75) is 51.4 Å². The van der Waals surface area contributed by atoms with Crippen LogP contribution in [0.2, 0.25) is 0 Å². The molecule has 0 saturated carbocycles. The van der Waals surface area contributed by atoms with Gasteiger partial charge in [-0.3, -0.25) is 4.99 Å². The van der Waals surface area contributed by atoms with E-state index in [0.717, 1.165) is 43.9 Å². The standard InChI is InChI=1S/C14H29N3OS.HI/c1-4-15-14(16-8-6-9-18-12(2)3)17-11-13-7-5-10-19-13;/h12-13H,4-11H2,1-3H3,(H2,15,16,17);1H. The molecule has 4 nitrogen and oxygen atoms in total. The number of hydrogen-bond acceptors (Lipinski definition) is 3. The number of ether oxygens (including phenoxy) is 1. The summed E-state index contributed by atoms with van der Waals surface area (Å²) in [4.78, 5) is 4.66. The van der Waals surface area contributed by atoms with Gasteiger partial charge in [0, 0.05) is 24.9 Å². The first-order valence-corrected chi connectivity index (χ1v) is 8.52. The van der Waals surface area contributed by atoms with Crippen LogP contribution in [0.25, 0.3) is 0 Å².